The number of likely N-dealkylation sites (tertiary alicyclic amines) is 1. The molecule has 2 N–H and O–H groups in total. The average molecular weight is 250 g/mol. The van der Waals surface area contributed by atoms with Gasteiger partial charge in [-0.25, -0.2) is 0 Å². The highest BCUT2D eigenvalue weighted by Gasteiger charge is 2.16. The Morgan fingerprint density at radius 2 is 2.12 bits per heavy atom. The molecule has 0 spiro atoms. The Morgan fingerprint density at radius 1 is 1.29 bits per heavy atom. The summed E-state index contributed by atoms with van der Waals surface area (Å²) in [5.41, 5.74) is 8.20. The summed E-state index contributed by atoms with van der Waals surface area (Å²) in [5, 5.41) is 0.855. The summed E-state index contributed by atoms with van der Waals surface area (Å²) in [5.74, 6) is 0. The molecule has 1 saturated heterocycles. The SMILES string of the molecule is CSC1CCCN(Cc2ccccc2N)CC1. The molecule has 2 rings (SSSR count). The van der Waals surface area contributed by atoms with Crippen molar-refractivity contribution in [3.05, 3.63) is 29.8 Å². The zero-order valence-electron chi connectivity index (χ0n) is 10.6. The van der Waals surface area contributed by atoms with Gasteiger partial charge in [0.05, 0.1) is 0 Å². The van der Waals surface area contributed by atoms with Crippen LogP contribution >= 0.6 is 11.8 Å². The molecule has 1 heterocycles. The number of hydrogen-bond acceptors (Lipinski definition) is 3. The lowest BCUT2D eigenvalue weighted by molar-refractivity contribution is 0.277. The molecular weight excluding hydrogens is 228 g/mol. The first-order chi connectivity index (χ1) is 8.29. The Morgan fingerprint density at radius 3 is 2.88 bits per heavy atom. The minimum atomic E-state index is 0.855. The lowest BCUT2D eigenvalue weighted by atomic mass is 10.1. The largest absolute Gasteiger partial charge is 0.398 e. The maximum atomic E-state index is 6.00. The second-order valence-corrected chi connectivity index (χ2v) is 5.90. The van der Waals surface area contributed by atoms with E-state index in [1.807, 2.05) is 23.9 Å². The van der Waals surface area contributed by atoms with Crippen LogP contribution in [0.2, 0.25) is 0 Å². The minimum absolute atomic E-state index is 0.855. The summed E-state index contributed by atoms with van der Waals surface area (Å²) < 4.78 is 0. The average Bonchev–Trinajstić information content (AvgIpc) is 2.57. The third-order valence-electron chi connectivity index (χ3n) is 3.55. The maximum absolute atomic E-state index is 6.00. The zero-order chi connectivity index (χ0) is 12.1. The quantitative estimate of drug-likeness (QED) is 0.836. The number of rotatable bonds is 3. The summed E-state index contributed by atoms with van der Waals surface area (Å²) in [6.45, 7) is 3.43. The molecule has 0 aliphatic carbocycles. The highest BCUT2D eigenvalue weighted by Crippen LogP contribution is 2.23. The molecular formula is C14H22N2S. The lowest BCUT2D eigenvalue weighted by Gasteiger charge is -2.20. The molecule has 17 heavy (non-hydrogen) atoms. The molecule has 1 aromatic rings. The molecule has 0 amide bonds. The van der Waals surface area contributed by atoms with Gasteiger partial charge >= 0.3 is 0 Å². The van der Waals surface area contributed by atoms with Crippen LogP contribution in [-0.4, -0.2) is 29.5 Å². The maximum Gasteiger partial charge on any atom is 0.0359 e. The lowest BCUT2D eigenvalue weighted by Crippen LogP contribution is -2.24. The molecule has 94 valence electrons. The van der Waals surface area contributed by atoms with E-state index in [0.717, 1.165) is 17.5 Å². The molecule has 0 radical (unpaired) electrons. The molecule has 0 saturated carbocycles. The number of benzene rings is 1. The summed E-state index contributed by atoms with van der Waals surface area (Å²) in [7, 11) is 0. The fraction of sp³-hybridized carbons (Fsp3) is 0.571. The fourth-order valence-electron chi connectivity index (χ4n) is 2.44. The van der Waals surface area contributed by atoms with Crippen LogP contribution in [0.25, 0.3) is 0 Å². The Labute approximate surface area is 109 Å². The molecule has 1 atom stereocenters. The monoisotopic (exact) mass is 250 g/mol. The van der Waals surface area contributed by atoms with Gasteiger partial charge in [-0.2, -0.15) is 11.8 Å². The van der Waals surface area contributed by atoms with Crippen molar-refractivity contribution in [2.45, 2.75) is 31.1 Å². The van der Waals surface area contributed by atoms with Crippen molar-refractivity contribution in [3.8, 4) is 0 Å². The van der Waals surface area contributed by atoms with Gasteiger partial charge in [-0.1, -0.05) is 18.2 Å². The van der Waals surface area contributed by atoms with Crippen molar-refractivity contribution in [1.29, 1.82) is 0 Å². The number of nitrogens with zero attached hydrogens (tertiary/aromatic N) is 1. The predicted molar refractivity (Wildman–Crippen MR) is 77.3 cm³/mol. The van der Waals surface area contributed by atoms with Crippen molar-refractivity contribution in [2.75, 3.05) is 25.1 Å². The molecule has 1 aliphatic heterocycles. The van der Waals surface area contributed by atoms with E-state index in [9.17, 15) is 0 Å². The van der Waals surface area contributed by atoms with Crippen molar-refractivity contribution in [1.82, 2.24) is 4.90 Å². The van der Waals surface area contributed by atoms with E-state index in [4.69, 9.17) is 5.73 Å². The topological polar surface area (TPSA) is 29.3 Å². The number of anilines is 1. The third-order valence-corrected chi connectivity index (χ3v) is 4.69. The number of para-hydroxylation sites is 1. The van der Waals surface area contributed by atoms with E-state index >= 15 is 0 Å². The van der Waals surface area contributed by atoms with Crippen LogP contribution in [-0.2, 0) is 6.54 Å². The van der Waals surface area contributed by atoms with Gasteiger partial charge in [0.25, 0.3) is 0 Å². The van der Waals surface area contributed by atoms with Crippen LogP contribution in [0.15, 0.2) is 24.3 Å². The molecule has 1 fully saturated rings. The first kappa shape index (κ1) is 12.8. The fourth-order valence-corrected chi connectivity index (χ4v) is 3.18. The van der Waals surface area contributed by atoms with Gasteiger partial charge in [-0.15, -0.1) is 0 Å². The molecule has 0 bridgehead atoms. The third kappa shape index (κ3) is 3.65. The molecule has 2 nitrogen and oxygen atoms in total. The summed E-state index contributed by atoms with van der Waals surface area (Å²) in [6.07, 6.45) is 6.23. The molecule has 1 aliphatic rings. The smallest absolute Gasteiger partial charge is 0.0359 e. The standard InChI is InChI=1S/C14H22N2S/c1-17-13-6-4-9-16(10-8-13)11-12-5-2-3-7-14(12)15/h2-3,5,7,13H,4,6,8-11,15H2,1H3. The van der Waals surface area contributed by atoms with Crippen molar-refractivity contribution in [3.63, 3.8) is 0 Å². The van der Waals surface area contributed by atoms with Crippen LogP contribution < -0.4 is 5.73 Å². The highest BCUT2D eigenvalue weighted by atomic mass is 32.2. The minimum Gasteiger partial charge on any atom is -0.398 e. The van der Waals surface area contributed by atoms with Crippen LogP contribution in [0.5, 0.6) is 0 Å². The Kier molecular flexibility index (Phi) is 4.75. The van der Waals surface area contributed by atoms with Crippen LogP contribution in [0, 0.1) is 0 Å². The number of nitrogens with two attached hydrogens (primary N) is 1. The van der Waals surface area contributed by atoms with Gasteiger partial charge < -0.3 is 5.73 Å². The first-order valence-corrected chi connectivity index (χ1v) is 7.67. The first-order valence-electron chi connectivity index (χ1n) is 6.38. The second-order valence-electron chi connectivity index (χ2n) is 4.76. The number of nitrogen functional groups attached to an aromatic ring is 1. The van der Waals surface area contributed by atoms with Gasteiger partial charge in [0.15, 0.2) is 0 Å². The number of hydrogen-bond donors (Lipinski definition) is 1. The Bertz CT molecular complexity index is 354. The second kappa shape index (κ2) is 6.31. The molecule has 3 heteroatoms. The van der Waals surface area contributed by atoms with Gasteiger partial charge in [0.2, 0.25) is 0 Å². The predicted octanol–water partition coefficient (Wildman–Crippen LogP) is 2.99. The van der Waals surface area contributed by atoms with E-state index in [0.29, 0.717) is 0 Å². The normalized spacial score (nSPS) is 22.3. The van der Waals surface area contributed by atoms with E-state index in [-0.39, 0.29) is 0 Å². The van der Waals surface area contributed by atoms with E-state index in [1.165, 1.54) is 37.9 Å². The summed E-state index contributed by atoms with van der Waals surface area (Å²) in [6, 6.07) is 8.23. The highest BCUT2D eigenvalue weighted by molar-refractivity contribution is 7.99. The van der Waals surface area contributed by atoms with E-state index < -0.39 is 0 Å². The summed E-state index contributed by atoms with van der Waals surface area (Å²) in [4.78, 5) is 2.54. The van der Waals surface area contributed by atoms with Crippen LogP contribution in [0.3, 0.4) is 0 Å². The van der Waals surface area contributed by atoms with Crippen molar-refractivity contribution < 1.29 is 0 Å². The molecule has 1 unspecified atom stereocenters. The number of thioether (sulfide) groups is 1. The van der Waals surface area contributed by atoms with Gasteiger partial charge in [0, 0.05) is 17.5 Å². The van der Waals surface area contributed by atoms with Crippen molar-refractivity contribution in [2.24, 2.45) is 0 Å². The molecule has 0 aromatic heterocycles. The van der Waals surface area contributed by atoms with Gasteiger partial charge in [-0.3, -0.25) is 4.90 Å². The van der Waals surface area contributed by atoms with Crippen LogP contribution in [0.4, 0.5) is 5.69 Å². The van der Waals surface area contributed by atoms with Crippen LogP contribution in [0.1, 0.15) is 24.8 Å². The van der Waals surface area contributed by atoms with Gasteiger partial charge in [-0.05, 0) is 50.2 Å². The van der Waals surface area contributed by atoms with E-state index in [2.05, 4.69) is 23.3 Å². The Hall–Kier alpha value is -0.670. The van der Waals surface area contributed by atoms with Crippen molar-refractivity contribution >= 4 is 17.4 Å². The Balaban J connectivity index is 1.93. The summed E-state index contributed by atoms with van der Waals surface area (Å²) >= 11 is 2.02. The van der Waals surface area contributed by atoms with E-state index in [1.54, 1.807) is 0 Å². The van der Waals surface area contributed by atoms with Gasteiger partial charge in [0.1, 0.15) is 0 Å². The molecule has 1 aromatic carbocycles. The zero-order valence-corrected chi connectivity index (χ0v) is 11.4.